The smallest absolute Gasteiger partial charge is 0.101 e. The first-order chi connectivity index (χ1) is 7.76. The minimum atomic E-state index is 0.491. The second kappa shape index (κ2) is 4.54. The number of benzene rings is 1. The fourth-order valence-electron chi connectivity index (χ4n) is 2.34. The molecule has 3 nitrogen and oxygen atoms in total. The maximum absolute atomic E-state index is 9.17. The summed E-state index contributed by atoms with van der Waals surface area (Å²) >= 11 is 0. The predicted molar refractivity (Wildman–Crippen MR) is 65.1 cm³/mol. The summed E-state index contributed by atoms with van der Waals surface area (Å²) in [6, 6.07) is 8.76. The van der Waals surface area contributed by atoms with Gasteiger partial charge in [0.2, 0.25) is 0 Å². The lowest BCUT2D eigenvalue weighted by Gasteiger charge is -2.25. The Morgan fingerprint density at radius 2 is 2.38 bits per heavy atom. The summed E-state index contributed by atoms with van der Waals surface area (Å²) < 4.78 is 0. The molecular formula is C13H17N3. The van der Waals surface area contributed by atoms with Gasteiger partial charge in [-0.2, -0.15) is 5.26 Å². The number of hydrogen-bond acceptors (Lipinski definition) is 3. The molecule has 0 radical (unpaired) electrons. The second-order valence-corrected chi connectivity index (χ2v) is 4.35. The average molecular weight is 215 g/mol. The first kappa shape index (κ1) is 11.0. The molecular weight excluding hydrogens is 198 g/mol. The molecule has 1 unspecified atom stereocenters. The van der Waals surface area contributed by atoms with Crippen LogP contribution in [0.2, 0.25) is 0 Å². The molecule has 1 saturated heterocycles. The lowest BCUT2D eigenvalue weighted by Crippen LogP contribution is -2.27. The maximum Gasteiger partial charge on any atom is 0.101 e. The second-order valence-electron chi connectivity index (χ2n) is 4.35. The van der Waals surface area contributed by atoms with E-state index in [0.717, 1.165) is 23.4 Å². The van der Waals surface area contributed by atoms with Gasteiger partial charge in [0, 0.05) is 19.1 Å². The largest absolute Gasteiger partial charge is 0.368 e. The molecule has 1 atom stereocenters. The van der Waals surface area contributed by atoms with Crippen molar-refractivity contribution in [1.82, 2.24) is 0 Å². The molecule has 0 saturated carbocycles. The third kappa shape index (κ3) is 1.89. The van der Waals surface area contributed by atoms with Crippen molar-refractivity contribution in [2.24, 2.45) is 5.73 Å². The molecule has 3 heteroatoms. The predicted octanol–water partition coefficient (Wildman–Crippen LogP) is 2.01. The summed E-state index contributed by atoms with van der Waals surface area (Å²) in [6.45, 7) is 3.76. The molecule has 0 bridgehead atoms. The van der Waals surface area contributed by atoms with E-state index in [1.807, 2.05) is 18.2 Å². The van der Waals surface area contributed by atoms with Crippen molar-refractivity contribution in [1.29, 1.82) is 5.26 Å². The summed E-state index contributed by atoms with van der Waals surface area (Å²) in [5.74, 6) is 0. The van der Waals surface area contributed by atoms with Crippen LogP contribution in [0, 0.1) is 11.3 Å². The molecule has 2 rings (SSSR count). The van der Waals surface area contributed by atoms with Gasteiger partial charge in [0.25, 0.3) is 0 Å². The summed E-state index contributed by atoms with van der Waals surface area (Å²) in [6.07, 6.45) is 2.42. The van der Waals surface area contributed by atoms with E-state index < -0.39 is 0 Å². The van der Waals surface area contributed by atoms with Crippen molar-refractivity contribution in [2.45, 2.75) is 32.4 Å². The number of anilines is 1. The van der Waals surface area contributed by atoms with E-state index in [9.17, 15) is 0 Å². The standard InChI is InChI=1S/C13H17N3/c1-10-3-2-6-16(10)13-5-4-11(8-14)7-12(13)9-15/h4-5,7,10H,2-3,6,8,14H2,1H3. The van der Waals surface area contributed by atoms with Crippen LogP contribution in [0.5, 0.6) is 0 Å². The Bertz CT molecular complexity index is 420. The van der Waals surface area contributed by atoms with E-state index in [0.29, 0.717) is 12.6 Å². The fourth-order valence-corrected chi connectivity index (χ4v) is 2.34. The van der Waals surface area contributed by atoms with E-state index in [1.165, 1.54) is 12.8 Å². The summed E-state index contributed by atoms with van der Waals surface area (Å²) in [5.41, 5.74) is 8.41. The molecule has 16 heavy (non-hydrogen) atoms. The Labute approximate surface area is 96.5 Å². The quantitative estimate of drug-likeness (QED) is 0.821. The fraction of sp³-hybridized carbons (Fsp3) is 0.462. The molecule has 0 aliphatic carbocycles. The zero-order valence-corrected chi connectivity index (χ0v) is 9.61. The van der Waals surface area contributed by atoms with Crippen LogP contribution in [0.1, 0.15) is 30.9 Å². The molecule has 1 aromatic carbocycles. The van der Waals surface area contributed by atoms with Crippen molar-refractivity contribution < 1.29 is 0 Å². The van der Waals surface area contributed by atoms with Gasteiger partial charge in [0.15, 0.2) is 0 Å². The lowest BCUT2D eigenvalue weighted by atomic mass is 10.1. The normalized spacial score (nSPS) is 19.8. The number of rotatable bonds is 2. The summed E-state index contributed by atoms with van der Waals surface area (Å²) in [7, 11) is 0. The monoisotopic (exact) mass is 215 g/mol. The lowest BCUT2D eigenvalue weighted by molar-refractivity contribution is 0.734. The average Bonchev–Trinajstić information content (AvgIpc) is 2.74. The number of nitrogens with two attached hydrogens (primary N) is 1. The number of hydrogen-bond donors (Lipinski definition) is 1. The van der Waals surface area contributed by atoms with Gasteiger partial charge in [0.05, 0.1) is 11.3 Å². The van der Waals surface area contributed by atoms with Gasteiger partial charge in [-0.15, -0.1) is 0 Å². The summed E-state index contributed by atoms with van der Waals surface area (Å²) in [4.78, 5) is 2.32. The van der Waals surface area contributed by atoms with Gasteiger partial charge >= 0.3 is 0 Å². The SMILES string of the molecule is CC1CCCN1c1ccc(CN)cc1C#N. The molecule has 1 aliphatic rings. The first-order valence-corrected chi connectivity index (χ1v) is 5.76. The Hall–Kier alpha value is -1.53. The highest BCUT2D eigenvalue weighted by Gasteiger charge is 2.22. The van der Waals surface area contributed by atoms with Crippen LogP contribution in [0.25, 0.3) is 0 Å². The van der Waals surface area contributed by atoms with E-state index in [1.54, 1.807) is 0 Å². The van der Waals surface area contributed by atoms with E-state index in [2.05, 4.69) is 17.9 Å². The van der Waals surface area contributed by atoms with Gasteiger partial charge in [-0.3, -0.25) is 0 Å². The van der Waals surface area contributed by atoms with Crippen molar-refractivity contribution in [3.8, 4) is 6.07 Å². The highest BCUT2D eigenvalue weighted by Crippen LogP contribution is 2.28. The Morgan fingerprint density at radius 1 is 1.56 bits per heavy atom. The molecule has 1 fully saturated rings. The third-order valence-corrected chi connectivity index (χ3v) is 3.28. The molecule has 2 N–H and O–H groups in total. The van der Waals surface area contributed by atoms with Crippen LogP contribution in [0.3, 0.4) is 0 Å². The van der Waals surface area contributed by atoms with Gasteiger partial charge in [-0.1, -0.05) is 6.07 Å². The zero-order chi connectivity index (χ0) is 11.5. The molecule has 0 amide bonds. The third-order valence-electron chi connectivity index (χ3n) is 3.28. The van der Waals surface area contributed by atoms with Crippen molar-refractivity contribution in [3.05, 3.63) is 29.3 Å². The molecule has 1 aromatic rings. The van der Waals surface area contributed by atoms with Crippen LogP contribution in [-0.2, 0) is 6.54 Å². The minimum Gasteiger partial charge on any atom is -0.368 e. The number of nitrogens with zero attached hydrogens (tertiary/aromatic N) is 2. The van der Waals surface area contributed by atoms with Gasteiger partial charge in [-0.25, -0.2) is 0 Å². The molecule has 1 heterocycles. The van der Waals surface area contributed by atoms with Crippen molar-refractivity contribution in [2.75, 3.05) is 11.4 Å². The van der Waals surface area contributed by atoms with Gasteiger partial charge < -0.3 is 10.6 Å². The van der Waals surface area contributed by atoms with Crippen LogP contribution in [-0.4, -0.2) is 12.6 Å². The molecule has 84 valence electrons. The van der Waals surface area contributed by atoms with Crippen molar-refractivity contribution >= 4 is 5.69 Å². The van der Waals surface area contributed by atoms with Crippen LogP contribution in [0.4, 0.5) is 5.69 Å². The zero-order valence-electron chi connectivity index (χ0n) is 9.61. The highest BCUT2D eigenvalue weighted by molar-refractivity contribution is 5.61. The highest BCUT2D eigenvalue weighted by atomic mass is 15.2. The van der Waals surface area contributed by atoms with E-state index >= 15 is 0 Å². The van der Waals surface area contributed by atoms with Crippen LogP contribution in [0.15, 0.2) is 18.2 Å². The topological polar surface area (TPSA) is 53.0 Å². The maximum atomic E-state index is 9.17. The summed E-state index contributed by atoms with van der Waals surface area (Å²) in [5, 5.41) is 9.17. The first-order valence-electron chi connectivity index (χ1n) is 5.76. The Morgan fingerprint density at radius 3 is 2.94 bits per heavy atom. The molecule has 1 aliphatic heterocycles. The Balaban J connectivity index is 2.37. The minimum absolute atomic E-state index is 0.491. The van der Waals surface area contributed by atoms with Crippen LogP contribution < -0.4 is 10.6 Å². The molecule has 0 aromatic heterocycles. The van der Waals surface area contributed by atoms with Gasteiger partial charge in [0.1, 0.15) is 6.07 Å². The van der Waals surface area contributed by atoms with Crippen molar-refractivity contribution in [3.63, 3.8) is 0 Å². The van der Waals surface area contributed by atoms with E-state index in [4.69, 9.17) is 11.0 Å². The molecule has 0 spiro atoms. The van der Waals surface area contributed by atoms with E-state index in [-0.39, 0.29) is 0 Å². The Kier molecular flexibility index (Phi) is 3.12. The number of nitriles is 1. The van der Waals surface area contributed by atoms with Crippen LogP contribution >= 0.6 is 0 Å². The van der Waals surface area contributed by atoms with Gasteiger partial charge in [-0.05, 0) is 37.5 Å².